The van der Waals surface area contributed by atoms with Gasteiger partial charge in [0.25, 0.3) is 5.91 Å². The third kappa shape index (κ3) is 4.94. The molecule has 0 aromatic rings. The van der Waals surface area contributed by atoms with Crippen molar-refractivity contribution in [3.63, 3.8) is 0 Å². The van der Waals surface area contributed by atoms with E-state index >= 15 is 0 Å². The molecule has 0 spiro atoms. The van der Waals surface area contributed by atoms with Gasteiger partial charge in [-0.15, -0.1) is 0 Å². The summed E-state index contributed by atoms with van der Waals surface area (Å²) in [7, 11) is 1.31. The van der Waals surface area contributed by atoms with Gasteiger partial charge < -0.3 is 20.3 Å². The highest BCUT2D eigenvalue weighted by Crippen LogP contribution is 2.33. The third-order valence-electron chi connectivity index (χ3n) is 5.79. The van der Waals surface area contributed by atoms with Gasteiger partial charge in [0.1, 0.15) is 11.9 Å². The largest absolute Gasteiger partial charge is 0.467 e. The summed E-state index contributed by atoms with van der Waals surface area (Å²) in [6.45, 7) is 12.2. The maximum absolute atomic E-state index is 13.2. The van der Waals surface area contributed by atoms with Crippen molar-refractivity contribution in [1.82, 2.24) is 15.5 Å². The van der Waals surface area contributed by atoms with E-state index in [1.165, 1.54) is 7.11 Å². The molecule has 0 fully saturated rings. The summed E-state index contributed by atoms with van der Waals surface area (Å²) in [5.41, 5.74) is 1.69. The maximum Gasteiger partial charge on any atom is 0.328 e. The normalized spacial score (nSPS) is 18.2. The van der Waals surface area contributed by atoms with Crippen molar-refractivity contribution < 1.29 is 19.1 Å². The number of amides is 1. The second-order valence-electron chi connectivity index (χ2n) is 8.50. The summed E-state index contributed by atoms with van der Waals surface area (Å²) in [4.78, 5) is 40.2. The number of carbonyl (C=O) groups excluding carboxylic acids is 3. The standard InChI is InChI=1S/C23H35N3O4/c1-8-15(6)21(23(29)30-7)25-22(28)18-12-24-20(26(13(2)3)14(4)5)11-17-16(18)9-10-19(17)27/h11-15,21,24H,8-10H2,1-7H3,(H,25,28)/t15-,21-/m0/s1. The zero-order valence-electron chi connectivity index (χ0n) is 19.2. The van der Waals surface area contributed by atoms with Crippen LogP contribution in [0.4, 0.5) is 0 Å². The van der Waals surface area contributed by atoms with Crippen LogP contribution in [0.2, 0.25) is 0 Å². The summed E-state index contributed by atoms with van der Waals surface area (Å²) in [6, 6.07) is -0.322. The van der Waals surface area contributed by atoms with E-state index in [4.69, 9.17) is 4.74 Å². The van der Waals surface area contributed by atoms with Gasteiger partial charge in [0, 0.05) is 30.3 Å². The fourth-order valence-electron chi connectivity index (χ4n) is 4.05. The molecule has 1 aliphatic heterocycles. The Balaban J connectivity index is 2.41. The zero-order valence-corrected chi connectivity index (χ0v) is 19.2. The topological polar surface area (TPSA) is 87.7 Å². The molecule has 1 aliphatic carbocycles. The Morgan fingerprint density at radius 3 is 2.33 bits per heavy atom. The molecular weight excluding hydrogens is 382 g/mol. The first kappa shape index (κ1) is 23.7. The number of rotatable bonds is 8. The van der Waals surface area contributed by atoms with Crippen LogP contribution in [0, 0.1) is 5.92 Å². The molecule has 0 radical (unpaired) electrons. The van der Waals surface area contributed by atoms with Crippen molar-refractivity contribution in [2.24, 2.45) is 5.92 Å². The molecule has 2 rings (SSSR count). The molecule has 0 unspecified atom stereocenters. The number of methoxy groups -OCH3 is 1. The first-order valence-corrected chi connectivity index (χ1v) is 10.7. The minimum atomic E-state index is -0.743. The zero-order chi connectivity index (χ0) is 22.6. The summed E-state index contributed by atoms with van der Waals surface area (Å²) in [5, 5.41) is 6.07. The summed E-state index contributed by atoms with van der Waals surface area (Å²) >= 11 is 0. The van der Waals surface area contributed by atoms with Gasteiger partial charge in [0.05, 0.1) is 12.7 Å². The average molecular weight is 418 g/mol. The van der Waals surface area contributed by atoms with Crippen molar-refractivity contribution in [1.29, 1.82) is 0 Å². The fraction of sp³-hybridized carbons (Fsp3) is 0.609. The minimum Gasteiger partial charge on any atom is -0.467 e. The molecule has 2 aliphatic rings. The molecule has 0 aromatic carbocycles. The van der Waals surface area contributed by atoms with Crippen LogP contribution in [-0.2, 0) is 19.1 Å². The van der Waals surface area contributed by atoms with Gasteiger partial charge in [-0.1, -0.05) is 20.3 Å². The van der Waals surface area contributed by atoms with Crippen LogP contribution in [0.3, 0.4) is 0 Å². The van der Waals surface area contributed by atoms with Crippen molar-refractivity contribution in [2.75, 3.05) is 7.11 Å². The molecule has 7 nitrogen and oxygen atoms in total. The number of nitrogens with one attached hydrogen (secondary N) is 2. The maximum atomic E-state index is 13.2. The highest BCUT2D eigenvalue weighted by atomic mass is 16.5. The van der Waals surface area contributed by atoms with Gasteiger partial charge in [0.15, 0.2) is 5.78 Å². The number of Topliss-reactive ketones (excluding diaryl/α,β-unsaturated/α-hetero) is 1. The second kappa shape index (κ2) is 9.96. The third-order valence-corrected chi connectivity index (χ3v) is 5.79. The van der Waals surface area contributed by atoms with Gasteiger partial charge >= 0.3 is 5.97 Å². The lowest BCUT2D eigenvalue weighted by Crippen LogP contribution is -2.46. The number of hydrogen-bond acceptors (Lipinski definition) is 6. The van der Waals surface area contributed by atoms with Crippen molar-refractivity contribution in [3.8, 4) is 0 Å². The first-order chi connectivity index (χ1) is 14.1. The molecule has 0 saturated heterocycles. The predicted octanol–water partition coefficient (Wildman–Crippen LogP) is 2.80. The van der Waals surface area contributed by atoms with E-state index in [0.717, 1.165) is 11.4 Å². The number of carbonyl (C=O) groups is 3. The molecular formula is C23H35N3O4. The van der Waals surface area contributed by atoms with Gasteiger partial charge in [-0.05, 0) is 51.7 Å². The second-order valence-corrected chi connectivity index (χ2v) is 8.50. The smallest absolute Gasteiger partial charge is 0.328 e. The van der Waals surface area contributed by atoms with Crippen molar-refractivity contribution in [3.05, 3.63) is 34.8 Å². The molecule has 0 aromatic heterocycles. The highest BCUT2D eigenvalue weighted by Gasteiger charge is 2.33. The van der Waals surface area contributed by atoms with E-state index in [1.54, 1.807) is 6.20 Å². The van der Waals surface area contributed by atoms with Crippen molar-refractivity contribution in [2.45, 2.75) is 78.9 Å². The molecule has 1 heterocycles. The minimum absolute atomic E-state index is 0.0313. The van der Waals surface area contributed by atoms with E-state index in [0.29, 0.717) is 30.4 Å². The Bertz CT molecular complexity index is 784. The summed E-state index contributed by atoms with van der Waals surface area (Å²) < 4.78 is 4.88. The number of hydrogen-bond donors (Lipinski definition) is 2. The number of ketones is 1. The molecule has 0 saturated carbocycles. The Labute approximate surface area is 179 Å². The van der Waals surface area contributed by atoms with Crippen LogP contribution in [-0.4, -0.2) is 47.8 Å². The monoisotopic (exact) mass is 417 g/mol. The molecule has 0 bridgehead atoms. The number of ether oxygens (including phenoxy) is 1. The van der Waals surface area contributed by atoms with Gasteiger partial charge in [-0.25, -0.2) is 4.79 Å². The van der Waals surface area contributed by atoms with Crippen LogP contribution in [0.1, 0.15) is 60.8 Å². The van der Waals surface area contributed by atoms with E-state index in [2.05, 4.69) is 43.2 Å². The Kier molecular flexibility index (Phi) is 7.87. The first-order valence-electron chi connectivity index (χ1n) is 10.7. The van der Waals surface area contributed by atoms with E-state index < -0.39 is 12.0 Å². The highest BCUT2D eigenvalue weighted by molar-refractivity contribution is 6.08. The summed E-state index contributed by atoms with van der Waals surface area (Å²) in [6.07, 6.45) is 5.12. The van der Waals surface area contributed by atoms with E-state index in [1.807, 2.05) is 19.9 Å². The Hall–Kier alpha value is -2.57. The molecule has 2 N–H and O–H groups in total. The van der Waals surface area contributed by atoms with Crippen LogP contribution < -0.4 is 10.6 Å². The van der Waals surface area contributed by atoms with Gasteiger partial charge in [0.2, 0.25) is 0 Å². The molecule has 166 valence electrons. The molecule has 7 heteroatoms. The van der Waals surface area contributed by atoms with Crippen LogP contribution in [0.15, 0.2) is 34.8 Å². The van der Waals surface area contributed by atoms with Crippen LogP contribution >= 0.6 is 0 Å². The van der Waals surface area contributed by atoms with Gasteiger partial charge in [-0.2, -0.15) is 0 Å². The lowest BCUT2D eigenvalue weighted by molar-refractivity contribution is -0.146. The molecule has 30 heavy (non-hydrogen) atoms. The number of allylic oxidation sites excluding steroid dienone is 2. The SMILES string of the molecule is CC[C@H](C)[C@H](NC(=O)C1=CNC(N(C(C)C)C(C)C)=CC2=C1CCC2=O)C(=O)OC. The molecule has 1 amide bonds. The number of esters is 1. The Morgan fingerprint density at radius 2 is 1.80 bits per heavy atom. The molecule has 2 atom stereocenters. The Morgan fingerprint density at radius 1 is 1.17 bits per heavy atom. The van der Waals surface area contributed by atoms with E-state index in [9.17, 15) is 14.4 Å². The van der Waals surface area contributed by atoms with Crippen LogP contribution in [0.25, 0.3) is 0 Å². The van der Waals surface area contributed by atoms with Gasteiger partial charge in [-0.3, -0.25) is 9.59 Å². The quantitative estimate of drug-likeness (QED) is 0.591. The lowest BCUT2D eigenvalue weighted by Gasteiger charge is -2.34. The number of nitrogens with zero attached hydrogens (tertiary/aromatic N) is 1. The lowest BCUT2D eigenvalue weighted by atomic mass is 9.97. The predicted molar refractivity (Wildman–Crippen MR) is 116 cm³/mol. The fourth-order valence-corrected chi connectivity index (χ4v) is 4.05. The van der Waals surface area contributed by atoms with Crippen LogP contribution in [0.5, 0.6) is 0 Å². The summed E-state index contributed by atoms with van der Waals surface area (Å²) in [5.74, 6) is -0.108. The van der Waals surface area contributed by atoms with E-state index in [-0.39, 0.29) is 29.7 Å². The van der Waals surface area contributed by atoms with Crippen molar-refractivity contribution >= 4 is 17.7 Å². The average Bonchev–Trinajstić information content (AvgIpc) is 2.93.